The number of nitrogens with zero attached hydrogens (tertiary/aromatic N) is 1. The first-order chi connectivity index (χ1) is 10.7. The third kappa shape index (κ3) is 2.04. The molecule has 0 heterocycles. The SMILES string of the molecule is CC12CCC(C(=O)Nc3ccc(Cl)c(Cl)c3)(C/C1=N\O)C2(C)C. The van der Waals surface area contributed by atoms with E-state index in [0.29, 0.717) is 22.2 Å². The van der Waals surface area contributed by atoms with Crippen molar-refractivity contribution in [3.05, 3.63) is 28.2 Å². The highest BCUT2D eigenvalue weighted by molar-refractivity contribution is 6.42. The number of anilines is 1. The van der Waals surface area contributed by atoms with E-state index in [1.165, 1.54) is 0 Å². The third-order valence-electron chi connectivity index (χ3n) is 6.47. The average Bonchev–Trinajstić information content (AvgIpc) is 2.80. The first kappa shape index (κ1) is 16.6. The summed E-state index contributed by atoms with van der Waals surface area (Å²) in [6, 6.07) is 5.05. The highest BCUT2D eigenvalue weighted by Gasteiger charge is 2.71. The lowest BCUT2D eigenvalue weighted by molar-refractivity contribution is -0.130. The quantitative estimate of drug-likeness (QED) is 0.581. The summed E-state index contributed by atoms with van der Waals surface area (Å²) in [5.41, 5.74) is 0.226. The van der Waals surface area contributed by atoms with Crippen molar-refractivity contribution in [1.82, 2.24) is 0 Å². The second-order valence-corrected chi connectivity index (χ2v) is 8.16. The molecule has 1 aromatic carbocycles. The molecule has 1 amide bonds. The van der Waals surface area contributed by atoms with Gasteiger partial charge >= 0.3 is 0 Å². The topological polar surface area (TPSA) is 61.7 Å². The first-order valence-corrected chi connectivity index (χ1v) is 8.41. The number of carbonyl (C=O) groups is 1. The predicted octanol–water partition coefficient (Wildman–Crippen LogP) is 4.98. The van der Waals surface area contributed by atoms with E-state index in [0.717, 1.165) is 18.6 Å². The van der Waals surface area contributed by atoms with E-state index in [4.69, 9.17) is 23.2 Å². The van der Waals surface area contributed by atoms with Gasteiger partial charge in [0.2, 0.25) is 5.91 Å². The van der Waals surface area contributed by atoms with Crippen molar-refractivity contribution < 1.29 is 10.0 Å². The van der Waals surface area contributed by atoms with E-state index >= 15 is 0 Å². The maximum absolute atomic E-state index is 13.1. The number of rotatable bonds is 2. The van der Waals surface area contributed by atoms with Gasteiger partial charge in [0.25, 0.3) is 0 Å². The van der Waals surface area contributed by atoms with Crippen LogP contribution in [0.4, 0.5) is 5.69 Å². The molecule has 0 spiro atoms. The Morgan fingerprint density at radius 1 is 1.22 bits per heavy atom. The van der Waals surface area contributed by atoms with Crippen molar-refractivity contribution >= 4 is 40.5 Å². The molecule has 124 valence electrons. The molecule has 6 heteroatoms. The maximum atomic E-state index is 13.1. The van der Waals surface area contributed by atoms with E-state index in [9.17, 15) is 10.0 Å². The summed E-state index contributed by atoms with van der Waals surface area (Å²) in [4.78, 5) is 13.1. The number of nitrogens with one attached hydrogen (secondary N) is 1. The molecule has 23 heavy (non-hydrogen) atoms. The molecule has 1 aromatic rings. The zero-order valence-corrected chi connectivity index (χ0v) is 14.9. The van der Waals surface area contributed by atoms with Gasteiger partial charge in [-0.3, -0.25) is 4.79 Å². The fourth-order valence-corrected chi connectivity index (χ4v) is 4.66. The summed E-state index contributed by atoms with van der Waals surface area (Å²) in [6.45, 7) is 6.27. The van der Waals surface area contributed by atoms with Gasteiger partial charge in [-0.2, -0.15) is 0 Å². The van der Waals surface area contributed by atoms with Crippen molar-refractivity contribution in [2.45, 2.75) is 40.0 Å². The lowest BCUT2D eigenvalue weighted by atomic mass is 9.64. The highest BCUT2D eigenvalue weighted by Crippen LogP contribution is 2.71. The summed E-state index contributed by atoms with van der Waals surface area (Å²) in [5, 5.41) is 16.7. The minimum Gasteiger partial charge on any atom is -0.411 e. The molecular formula is C17H20Cl2N2O2. The van der Waals surface area contributed by atoms with Gasteiger partial charge in [-0.05, 0) is 36.5 Å². The van der Waals surface area contributed by atoms with Crippen molar-refractivity contribution in [1.29, 1.82) is 0 Å². The standard InChI is InChI=1S/C17H20Cl2N2O2/c1-15(2)16(3)6-7-17(15,9-13(16)21-23)14(22)20-10-4-5-11(18)12(19)8-10/h4-5,8,23H,6-7,9H2,1-3H3,(H,20,22)/b21-13+. The lowest BCUT2D eigenvalue weighted by Crippen LogP contribution is -2.43. The third-order valence-corrected chi connectivity index (χ3v) is 7.21. The van der Waals surface area contributed by atoms with Gasteiger partial charge in [0.15, 0.2) is 0 Å². The van der Waals surface area contributed by atoms with Gasteiger partial charge < -0.3 is 10.5 Å². The number of hydrogen-bond donors (Lipinski definition) is 2. The molecule has 0 radical (unpaired) electrons. The van der Waals surface area contributed by atoms with Crippen molar-refractivity contribution in [3.8, 4) is 0 Å². The van der Waals surface area contributed by atoms with Crippen LogP contribution in [0.25, 0.3) is 0 Å². The summed E-state index contributed by atoms with van der Waals surface area (Å²) in [6.07, 6.45) is 2.11. The number of carbonyl (C=O) groups excluding carboxylic acids is 1. The Balaban J connectivity index is 1.94. The molecule has 0 aromatic heterocycles. The maximum Gasteiger partial charge on any atom is 0.231 e. The van der Waals surface area contributed by atoms with Crippen LogP contribution in [0.2, 0.25) is 10.0 Å². The molecule has 4 nitrogen and oxygen atoms in total. The van der Waals surface area contributed by atoms with Crippen LogP contribution >= 0.6 is 23.2 Å². The zero-order chi connectivity index (χ0) is 17.0. The first-order valence-electron chi connectivity index (χ1n) is 7.66. The molecule has 3 rings (SSSR count). The van der Waals surface area contributed by atoms with Gasteiger partial charge in [0.05, 0.1) is 21.2 Å². The van der Waals surface area contributed by atoms with Crippen LogP contribution in [0.3, 0.4) is 0 Å². The molecule has 2 atom stereocenters. The van der Waals surface area contributed by atoms with Crippen LogP contribution in [0.5, 0.6) is 0 Å². The molecular weight excluding hydrogens is 335 g/mol. The predicted molar refractivity (Wildman–Crippen MR) is 92.5 cm³/mol. The average molecular weight is 355 g/mol. The fraction of sp³-hybridized carbons (Fsp3) is 0.529. The smallest absolute Gasteiger partial charge is 0.231 e. The monoisotopic (exact) mass is 354 g/mol. The molecule has 2 aliphatic rings. The van der Waals surface area contributed by atoms with E-state index in [2.05, 4.69) is 31.2 Å². The normalized spacial score (nSPS) is 33.2. The number of amides is 1. The molecule has 2 saturated carbocycles. The molecule has 2 bridgehead atoms. The van der Waals surface area contributed by atoms with Crippen LogP contribution < -0.4 is 5.32 Å². The van der Waals surface area contributed by atoms with E-state index in [-0.39, 0.29) is 16.7 Å². The summed E-state index contributed by atoms with van der Waals surface area (Å²) in [7, 11) is 0. The van der Waals surface area contributed by atoms with E-state index in [1.54, 1.807) is 18.2 Å². The van der Waals surface area contributed by atoms with Crippen molar-refractivity contribution in [3.63, 3.8) is 0 Å². The zero-order valence-electron chi connectivity index (χ0n) is 13.4. The second-order valence-electron chi connectivity index (χ2n) is 7.35. The van der Waals surface area contributed by atoms with Gasteiger partial charge in [0.1, 0.15) is 0 Å². The summed E-state index contributed by atoms with van der Waals surface area (Å²) < 4.78 is 0. The van der Waals surface area contributed by atoms with Crippen LogP contribution in [-0.2, 0) is 4.79 Å². The fourth-order valence-electron chi connectivity index (χ4n) is 4.36. The van der Waals surface area contributed by atoms with E-state index < -0.39 is 5.41 Å². The number of benzene rings is 1. The largest absolute Gasteiger partial charge is 0.411 e. The number of halogens is 2. The Morgan fingerprint density at radius 2 is 1.91 bits per heavy atom. The Labute approximate surface area is 145 Å². The van der Waals surface area contributed by atoms with Gasteiger partial charge in [-0.1, -0.05) is 49.1 Å². The summed E-state index contributed by atoms with van der Waals surface area (Å²) >= 11 is 11.9. The Bertz CT molecular complexity index is 717. The summed E-state index contributed by atoms with van der Waals surface area (Å²) in [5.74, 6) is -0.0525. The van der Waals surface area contributed by atoms with Gasteiger partial charge in [-0.15, -0.1) is 0 Å². The Morgan fingerprint density at radius 3 is 2.48 bits per heavy atom. The van der Waals surface area contributed by atoms with Crippen LogP contribution in [-0.4, -0.2) is 16.8 Å². The molecule has 0 aliphatic heterocycles. The number of fused-ring (bicyclic) bond motifs is 2. The van der Waals surface area contributed by atoms with Gasteiger partial charge in [0, 0.05) is 17.5 Å². The lowest BCUT2D eigenvalue weighted by Gasteiger charge is -2.39. The molecule has 2 aliphatic carbocycles. The molecule has 2 fully saturated rings. The molecule has 0 saturated heterocycles. The number of oxime groups is 1. The molecule has 2 N–H and O–H groups in total. The molecule has 2 unspecified atom stereocenters. The Hall–Kier alpha value is -1.26. The van der Waals surface area contributed by atoms with Gasteiger partial charge in [-0.25, -0.2) is 0 Å². The van der Waals surface area contributed by atoms with Crippen LogP contribution in [0.1, 0.15) is 40.0 Å². The van der Waals surface area contributed by atoms with Crippen molar-refractivity contribution in [2.24, 2.45) is 21.4 Å². The van der Waals surface area contributed by atoms with Crippen LogP contribution in [0, 0.1) is 16.2 Å². The minimum atomic E-state index is -0.574. The minimum absolute atomic E-state index is 0.0525. The van der Waals surface area contributed by atoms with Crippen LogP contribution in [0.15, 0.2) is 23.4 Å². The van der Waals surface area contributed by atoms with E-state index in [1.807, 2.05) is 0 Å². The van der Waals surface area contributed by atoms with Crippen molar-refractivity contribution in [2.75, 3.05) is 5.32 Å². The second kappa shape index (κ2) is 5.12. The highest BCUT2D eigenvalue weighted by atomic mass is 35.5. The number of hydrogen-bond acceptors (Lipinski definition) is 3. The Kier molecular flexibility index (Phi) is 3.69.